The van der Waals surface area contributed by atoms with Crippen LogP contribution >= 0.6 is 0 Å². The molecule has 0 amide bonds. The Morgan fingerprint density at radius 2 is 1.83 bits per heavy atom. The van der Waals surface area contributed by atoms with Gasteiger partial charge in [-0.15, -0.1) is 0 Å². The van der Waals surface area contributed by atoms with Crippen molar-refractivity contribution in [2.75, 3.05) is 27.9 Å². The minimum atomic E-state index is -0.137. The molecule has 18 heavy (non-hydrogen) atoms. The lowest BCUT2D eigenvalue weighted by Gasteiger charge is -2.32. The molecule has 5 heteroatoms. The Morgan fingerprint density at radius 3 is 2.39 bits per heavy atom. The van der Waals surface area contributed by atoms with E-state index in [1.807, 2.05) is 17.0 Å². The molecular formula is C13H18N2O3. The Kier molecular flexibility index (Phi) is 3.72. The summed E-state index contributed by atoms with van der Waals surface area (Å²) in [5, 5.41) is 0. The highest BCUT2D eigenvalue weighted by Crippen LogP contribution is 2.41. The van der Waals surface area contributed by atoms with Crippen molar-refractivity contribution in [2.24, 2.45) is 4.99 Å². The predicted molar refractivity (Wildman–Crippen MR) is 69.8 cm³/mol. The molecule has 1 atom stereocenters. The first-order valence-corrected chi connectivity index (χ1v) is 5.83. The molecule has 1 aromatic carbocycles. The number of benzene rings is 1. The van der Waals surface area contributed by atoms with Crippen LogP contribution in [0, 0.1) is 0 Å². The first-order chi connectivity index (χ1) is 8.74. The van der Waals surface area contributed by atoms with E-state index >= 15 is 0 Å². The fourth-order valence-electron chi connectivity index (χ4n) is 2.08. The van der Waals surface area contributed by atoms with E-state index in [9.17, 15) is 0 Å². The summed E-state index contributed by atoms with van der Waals surface area (Å²) in [6.07, 6.45) is 1.66. The quantitative estimate of drug-likeness (QED) is 0.822. The second kappa shape index (κ2) is 5.27. The summed E-state index contributed by atoms with van der Waals surface area (Å²) in [6, 6.07) is 3.78. The van der Waals surface area contributed by atoms with Gasteiger partial charge in [-0.1, -0.05) is 0 Å². The number of methoxy groups -OCH3 is 3. The van der Waals surface area contributed by atoms with E-state index in [2.05, 4.69) is 11.9 Å². The van der Waals surface area contributed by atoms with Gasteiger partial charge in [0.25, 0.3) is 0 Å². The van der Waals surface area contributed by atoms with Gasteiger partial charge in [-0.2, -0.15) is 0 Å². The lowest BCUT2D eigenvalue weighted by atomic mass is 10.1. The summed E-state index contributed by atoms with van der Waals surface area (Å²) < 4.78 is 16.1. The summed E-state index contributed by atoms with van der Waals surface area (Å²) in [7, 11) is 4.92. The Labute approximate surface area is 107 Å². The summed E-state index contributed by atoms with van der Waals surface area (Å²) in [4.78, 5) is 6.43. The van der Waals surface area contributed by atoms with Gasteiger partial charge in [-0.3, -0.25) is 0 Å². The minimum absolute atomic E-state index is 0.137. The zero-order valence-electron chi connectivity index (χ0n) is 11.1. The van der Waals surface area contributed by atoms with Crippen molar-refractivity contribution >= 4 is 12.0 Å². The minimum Gasteiger partial charge on any atom is -0.493 e. The number of aliphatic imine (C=N–C) groups is 1. The van der Waals surface area contributed by atoms with E-state index in [-0.39, 0.29) is 6.23 Å². The third kappa shape index (κ3) is 2.01. The highest BCUT2D eigenvalue weighted by molar-refractivity contribution is 5.70. The topological polar surface area (TPSA) is 43.3 Å². The predicted octanol–water partition coefficient (Wildman–Crippen LogP) is 2.34. The monoisotopic (exact) mass is 250 g/mol. The summed E-state index contributed by atoms with van der Waals surface area (Å²) in [5.41, 5.74) is 1.84. The Hall–Kier alpha value is -1.75. The maximum Gasteiger partial charge on any atom is 0.162 e. The van der Waals surface area contributed by atoms with Crippen LogP contribution in [0.1, 0.15) is 18.7 Å². The highest BCUT2D eigenvalue weighted by Gasteiger charge is 2.25. The molecule has 0 N–H and O–H groups in total. The molecule has 0 radical (unpaired) electrons. The van der Waals surface area contributed by atoms with Crippen molar-refractivity contribution < 1.29 is 14.2 Å². The van der Waals surface area contributed by atoms with Gasteiger partial charge in [0.15, 0.2) is 17.7 Å². The number of rotatable bonds is 4. The zero-order valence-corrected chi connectivity index (χ0v) is 11.1. The molecule has 0 spiro atoms. The molecule has 1 aromatic rings. The Balaban J connectivity index is 2.51. The highest BCUT2D eigenvalue weighted by atomic mass is 16.5. The van der Waals surface area contributed by atoms with Crippen molar-refractivity contribution in [3.05, 3.63) is 17.7 Å². The average Bonchev–Trinajstić information content (AvgIpc) is 2.44. The van der Waals surface area contributed by atoms with E-state index < -0.39 is 0 Å². The van der Waals surface area contributed by atoms with Crippen LogP contribution in [0.15, 0.2) is 17.1 Å². The van der Waals surface area contributed by atoms with Crippen molar-refractivity contribution in [3.8, 4) is 11.5 Å². The lowest BCUT2D eigenvalue weighted by molar-refractivity contribution is 0.00928. The van der Waals surface area contributed by atoms with Crippen LogP contribution in [0.25, 0.3) is 0 Å². The van der Waals surface area contributed by atoms with Gasteiger partial charge in [0.05, 0.1) is 26.2 Å². The smallest absolute Gasteiger partial charge is 0.162 e. The number of nitrogens with zero attached hydrogens (tertiary/aromatic N) is 2. The fraction of sp³-hybridized carbons (Fsp3) is 0.462. The van der Waals surface area contributed by atoms with E-state index in [4.69, 9.17) is 14.2 Å². The zero-order chi connectivity index (χ0) is 13.1. The lowest BCUT2D eigenvalue weighted by Crippen LogP contribution is -2.30. The van der Waals surface area contributed by atoms with Crippen molar-refractivity contribution in [1.29, 1.82) is 0 Å². The molecule has 0 saturated heterocycles. The van der Waals surface area contributed by atoms with Crippen LogP contribution < -0.4 is 9.47 Å². The molecule has 98 valence electrons. The van der Waals surface area contributed by atoms with E-state index in [1.165, 1.54) is 0 Å². The van der Waals surface area contributed by atoms with Gasteiger partial charge in [-0.25, -0.2) is 4.99 Å². The van der Waals surface area contributed by atoms with Crippen LogP contribution in [0.4, 0.5) is 5.69 Å². The number of ether oxygens (including phenoxy) is 3. The second-order valence-electron chi connectivity index (χ2n) is 3.93. The molecule has 1 aliphatic heterocycles. The van der Waals surface area contributed by atoms with Crippen molar-refractivity contribution in [3.63, 3.8) is 0 Å². The van der Waals surface area contributed by atoms with E-state index in [1.54, 1.807) is 27.7 Å². The van der Waals surface area contributed by atoms with E-state index in [0.717, 1.165) is 17.8 Å². The molecule has 0 saturated carbocycles. The molecule has 1 unspecified atom stereocenters. The number of hydrogen-bond donors (Lipinski definition) is 0. The maximum atomic E-state index is 5.53. The van der Waals surface area contributed by atoms with Gasteiger partial charge < -0.3 is 19.1 Å². The van der Waals surface area contributed by atoms with Gasteiger partial charge in [0, 0.05) is 25.3 Å². The Morgan fingerprint density at radius 1 is 1.17 bits per heavy atom. The normalized spacial score (nSPS) is 17.6. The summed E-state index contributed by atoms with van der Waals surface area (Å²) in [5.74, 6) is 1.36. The average molecular weight is 250 g/mol. The standard InChI is InChI=1S/C13H18N2O3/c1-5-15-8-14-10-7-12(17-3)11(16-2)6-9(10)13(15)18-4/h6-8,13H,5H2,1-4H3. The largest absolute Gasteiger partial charge is 0.493 e. The molecule has 5 nitrogen and oxygen atoms in total. The molecular weight excluding hydrogens is 232 g/mol. The van der Waals surface area contributed by atoms with Crippen LogP contribution in [0.3, 0.4) is 0 Å². The van der Waals surface area contributed by atoms with Crippen molar-refractivity contribution in [1.82, 2.24) is 4.90 Å². The second-order valence-corrected chi connectivity index (χ2v) is 3.93. The fourth-order valence-corrected chi connectivity index (χ4v) is 2.08. The molecule has 1 heterocycles. The molecule has 0 aromatic heterocycles. The van der Waals surface area contributed by atoms with Crippen molar-refractivity contribution in [2.45, 2.75) is 13.2 Å². The van der Waals surface area contributed by atoms with Gasteiger partial charge in [0.1, 0.15) is 0 Å². The van der Waals surface area contributed by atoms with Crippen LogP contribution in [0.5, 0.6) is 11.5 Å². The number of hydrogen-bond acceptors (Lipinski definition) is 5. The first-order valence-electron chi connectivity index (χ1n) is 5.83. The van der Waals surface area contributed by atoms with Gasteiger partial charge in [-0.05, 0) is 13.0 Å². The number of fused-ring (bicyclic) bond motifs is 1. The molecule has 0 bridgehead atoms. The SMILES string of the molecule is CCN1C=Nc2cc(OC)c(OC)cc2C1OC. The van der Waals surface area contributed by atoms with Crippen LogP contribution in [-0.4, -0.2) is 39.1 Å². The third-order valence-electron chi connectivity index (χ3n) is 3.03. The first kappa shape index (κ1) is 12.7. The van der Waals surface area contributed by atoms with Crippen LogP contribution in [-0.2, 0) is 4.74 Å². The summed E-state index contributed by atoms with van der Waals surface area (Å²) >= 11 is 0. The third-order valence-corrected chi connectivity index (χ3v) is 3.03. The van der Waals surface area contributed by atoms with Gasteiger partial charge in [0.2, 0.25) is 0 Å². The maximum absolute atomic E-state index is 5.53. The molecule has 2 rings (SSSR count). The molecule has 1 aliphatic rings. The van der Waals surface area contributed by atoms with Gasteiger partial charge >= 0.3 is 0 Å². The van der Waals surface area contributed by atoms with E-state index in [0.29, 0.717) is 11.5 Å². The Bertz CT molecular complexity index is 460. The molecule has 0 fully saturated rings. The van der Waals surface area contributed by atoms with Crippen LogP contribution in [0.2, 0.25) is 0 Å². The summed E-state index contributed by atoms with van der Waals surface area (Å²) in [6.45, 7) is 2.89. The molecule has 0 aliphatic carbocycles.